The predicted octanol–water partition coefficient (Wildman–Crippen LogP) is 2.43. The number of morpholine rings is 1. The van der Waals surface area contributed by atoms with Crippen molar-refractivity contribution >= 4 is 0 Å². The van der Waals surface area contributed by atoms with Gasteiger partial charge in [-0.15, -0.1) is 0 Å². The van der Waals surface area contributed by atoms with E-state index in [1.165, 1.54) is 19.3 Å². The standard InChI is InChI=1S/C12H23NO/c1-5-12(3,4)13-10-6-7-11(13)9(2)14-8-10/h9-11H,5-8H2,1-4H3. The van der Waals surface area contributed by atoms with Crippen LogP contribution in [0.1, 0.15) is 47.0 Å². The second-order valence-electron chi connectivity index (χ2n) is 5.41. The number of hydrogen-bond donors (Lipinski definition) is 0. The number of rotatable bonds is 2. The van der Waals surface area contributed by atoms with Gasteiger partial charge in [-0.05, 0) is 40.0 Å². The Bertz CT molecular complexity index is 214. The van der Waals surface area contributed by atoms with Crippen LogP contribution in [0.15, 0.2) is 0 Å². The second-order valence-corrected chi connectivity index (χ2v) is 5.41. The van der Waals surface area contributed by atoms with E-state index in [4.69, 9.17) is 4.74 Å². The van der Waals surface area contributed by atoms with Gasteiger partial charge in [0.15, 0.2) is 0 Å². The zero-order valence-corrected chi connectivity index (χ0v) is 9.92. The van der Waals surface area contributed by atoms with Crippen molar-refractivity contribution in [3.63, 3.8) is 0 Å². The molecule has 3 unspecified atom stereocenters. The lowest BCUT2D eigenvalue weighted by Gasteiger charge is -2.48. The van der Waals surface area contributed by atoms with Crippen molar-refractivity contribution in [2.45, 2.75) is 70.7 Å². The average molecular weight is 197 g/mol. The maximum Gasteiger partial charge on any atom is 0.0703 e. The second kappa shape index (κ2) is 3.49. The third kappa shape index (κ3) is 1.49. The van der Waals surface area contributed by atoms with Gasteiger partial charge in [0.1, 0.15) is 0 Å². The molecule has 2 bridgehead atoms. The van der Waals surface area contributed by atoms with Crippen molar-refractivity contribution < 1.29 is 4.74 Å². The molecule has 2 saturated heterocycles. The third-order valence-corrected chi connectivity index (χ3v) is 4.20. The summed E-state index contributed by atoms with van der Waals surface area (Å²) in [6.45, 7) is 10.2. The number of nitrogens with zero attached hydrogens (tertiary/aromatic N) is 1. The van der Waals surface area contributed by atoms with Gasteiger partial charge in [-0.2, -0.15) is 0 Å². The molecule has 0 spiro atoms. The monoisotopic (exact) mass is 197 g/mol. The van der Waals surface area contributed by atoms with Crippen molar-refractivity contribution in [1.82, 2.24) is 4.90 Å². The fourth-order valence-corrected chi connectivity index (χ4v) is 3.04. The maximum absolute atomic E-state index is 5.79. The van der Waals surface area contributed by atoms with E-state index in [1.807, 2.05) is 0 Å². The molecule has 0 amide bonds. The first-order valence-electron chi connectivity index (χ1n) is 5.96. The van der Waals surface area contributed by atoms with Crippen LogP contribution in [0.25, 0.3) is 0 Å². The average Bonchev–Trinajstić information content (AvgIpc) is 2.51. The van der Waals surface area contributed by atoms with Gasteiger partial charge in [-0.3, -0.25) is 4.90 Å². The molecule has 0 saturated carbocycles. The predicted molar refractivity (Wildman–Crippen MR) is 58.4 cm³/mol. The van der Waals surface area contributed by atoms with E-state index in [1.54, 1.807) is 0 Å². The van der Waals surface area contributed by atoms with E-state index in [9.17, 15) is 0 Å². The molecule has 0 radical (unpaired) electrons. The summed E-state index contributed by atoms with van der Waals surface area (Å²) in [5, 5.41) is 0. The van der Waals surface area contributed by atoms with Crippen molar-refractivity contribution in [2.75, 3.05) is 6.61 Å². The minimum Gasteiger partial charge on any atom is -0.375 e. The number of hydrogen-bond acceptors (Lipinski definition) is 2. The van der Waals surface area contributed by atoms with Gasteiger partial charge >= 0.3 is 0 Å². The summed E-state index contributed by atoms with van der Waals surface area (Å²) in [5.74, 6) is 0. The topological polar surface area (TPSA) is 12.5 Å². The van der Waals surface area contributed by atoms with E-state index in [-0.39, 0.29) is 0 Å². The van der Waals surface area contributed by atoms with Crippen LogP contribution in [0, 0.1) is 0 Å². The van der Waals surface area contributed by atoms with E-state index in [2.05, 4.69) is 32.6 Å². The Hall–Kier alpha value is -0.0800. The lowest BCUT2D eigenvalue weighted by molar-refractivity contribution is -0.103. The van der Waals surface area contributed by atoms with Gasteiger partial charge in [0.05, 0.1) is 12.7 Å². The Morgan fingerprint density at radius 3 is 2.71 bits per heavy atom. The molecule has 3 atom stereocenters. The fraction of sp³-hybridized carbons (Fsp3) is 1.00. The first kappa shape index (κ1) is 10.4. The summed E-state index contributed by atoms with van der Waals surface area (Å²) < 4.78 is 5.79. The molecule has 2 aliphatic heterocycles. The van der Waals surface area contributed by atoms with Crippen LogP contribution >= 0.6 is 0 Å². The van der Waals surface area contributed by atoms with Gasteiger partial charge < -0.3 is 4.74 Å². The zero-order chi connectivity index (χ0) is 10.3. The fourth-order valence-electron chi connectivity index (χ4n) is 3.04. The largest absolute Gasteiger partial charge is 0.375 e. The maximum atomic E-state index is 5.79. The zero-order valence-electron chi connectivity index (χ0n) is 9.92. The van der Waals surface area contributed by atoms with Crippen LogP contribution in [-0.4, -0.2) is 35.2 Å². The Balaban J connectivity index is 2.19. The Morgan fingerprint density at radius 2 is 2.07 bits per heavy atom. The van der Waals surface area contributed by atoms with Gasteiger partial charge in [0.2, 0.25) is 0 Å². The van der Waals surface area contributed by atoms with Crippen molar-refractivity contribution in [2.24, 2.45) is 0 Å². The molecule has 2 aliphatic rings. The van der Waals surface area contributed by atoms with E-state index in [0.29, 0.717) is 23.7 Å². The highest BCUT2D eigenvalue weighted by atomic mass is 16.5. The van der Waals surface area contributed by atoms with Gasteiger partial charge in [0, 0.05) is 17.6 Å². The molecule has 2 heteroatoms. The van der Waals surface area contributed by atoms with Crippen molar-refractivity contribution in [1.29, 1.82) is 0 Å². The number of ether oxygens (including phenoxy) is 1. The van der Waals surface area contributed by atoms with Crippen LogP contribution in [0.4, 0.5) is 0 Å². The minimum atomic E-state index is 0.351. The molecule has 2 rings (SSSR count). The normalized spacial score (nSPS) is 39.0. The highest BCUT2D eigenvalue weighted by Crippen LogP contribution is 2.38. The number of fused-ring (bicyclic) bond motifs is 2. The summed E-state index contributed by atoms with van der Waals surface area (Å²) in [7, 11) is 0. The van der Waals surface area contributed by atoms with E-state index >= 15 is 0 Å². The first-order chi connectivity index (χ1) is 6.56. The van der Waals surface area contributed by atoms with Gasteiger partial charge in [0.25, 0.3) is 0 Å². The molecule has 0 aliphatic carbocycles. The Labute approximate surface area is 87.6 Å². The highest BCUT2D eigenvalue weighted by Gasteiger charge is 2.46. The smallest absolute Gasteiger partial charge is 0.0703 e. The lowest BCUT2D eigenvalue weighted by atomic mass is 9.95. The van der Waals surface area contributed by atoms with E-state index in [0.717, 1.165) is 6.61 Å². The summed E-state index contributed by atoms with van der Waals surface area (Å²) >= 11 is 0. The molecular formula is C12H23NO. The van der Waals surface area contributed by atoms with Crippen molar-refractivity contribution in [3.05, 3.63) is 0 Å². The van der Waals surface area contributed by atoms with Crippen molar-refractivity contribution in [3.8, 4) is 0 Å². The molecule has 2 fully saturated rings. The molecule has 82 valence electrons. The summed E-state index contributed by atoms with van der Waals surface area (Å²) in [6, 6.07) is 1.36. The lowest BCUT2D eigenvalue weighted by Crippen LogP contribution is -2.58. The van der Waals surface area contributed by atoms with Crippen LogP contribution in [0.5, 0.6) is 0 Å². The Kier molecular flexibility index (Phi) is 2.61. The van der Waals surface area contributed by atoms with Crippen LogP contribution < -0.4 is 0 Å². The molecule has 0 aromatic heterocycles. The molecular weight excluding hydrogens is 174 g/mol. The molecule has 2 nitrogen and oxygen atoms in total. The molecule has 0 aromatic carbocycles. The summed E-state index contributed by atoms with van der Waals surface area (Å²) in [5.41, 5.74) is 0.351. The highest BCUT2D eigenvalue weighted by molar-refractivity contribution is 5.00. The molecule has 0 aromatic rings. The van der Waals surface area contributed by atoms with Crippen LogP contribution in [0.2, 0.25) is 0 Å². The SMILES string of the molecule is CCC(C)(C)N1C2CCC1C(C)OC2. The quantitative estimate of drug-likeness (QED) is 0.674. The Morgan fingerprint density at radius 1 is 1.36 bits per heavy atom. The molecule has 0 N–H and O–H groups in total. The van der Waals surface area contributed by atoms with Gasteiger partial charge in [-0.25, -0.2) is 0 Å². The first-order valence-corrected chi connectivity index (χ1v) is 5.96. The van der Waals surface area contributed by atoms with Crippen LogP contribution in [0.3, 0.4) is 0 Å². The summed E-state index contributed by atoms with van der Waals surface area (Å²) in [6.07, 6.45) is 4.32. The molecule has 14 heavy (non-hydrogen) atoms. The molecule has 2 heterocycles. The van der Waals surface area contributed by atoms with E-state index < -0.39 is 0 Å². The minimum absolute atomic E-state index is 0.351. The summed E-state index contributed by atoms with van der Waals surface area (Å²) in [4.78, 5) is 2.72. The third-order valence-electron chi connectivity index (χ3n) is 4.20. The van der Waals surface area contributed by atoms with Crippen LogP contribution in [-0.2, 0) is 4.74 Å². The van der Waals surface area contributed by atoms with Gasteiger partial charge in [-0.1, -0.05) is 6.92 Å².